The summed E-state index contributed by atoms with van der Waals surface area (Å²) in [7, 11) is 0. The lowest BCUT2D eigenvalue weighted by atomic mass is 10.3. The molecule has 3 N–H and O–H groups in total. The van der Waals surface area contributed by atoms with E-state index in [1.165, 1.54) is 0 Å². The lowest BCUT2D eigenvalue weighted by Crippen LogP contribution is -2.16. The van der Waals surface area contributed by atoms with E-state index in [9.17, 15) is 0 Å². The number of hydrazine groups is 1. The first kappa shape index (κ1) is 14.9. The van der Waals surface area contributed by atoms with Crippen molar-refractivity contribution in [3.63, 3.8) is 0 Å². The number of nitrogen functional groups attached to an aromatic ring is 1. The van der Waals surface area contributed by atoms with Crippen molar-refractivity contribution in [3.8, 4) is 12.0 Å². The van der Waals surface area contributed by atoms with E-state index in [1.54, 1.807) is 6.20 Å². The predicted octanol–water partition coefficient (Wildman–Crippen LogP) is 0.961. The fourth-order valence-electron chi connectivity index (χ4n) is 1.52. The molecule has 8 nitrogen and oxygen atoms in total. The van der Waals surface area contributed by atoms with E-state index in [2.05, 4.69) is 25.4 Å². The second-order valence-electron chi connectivity index (χ2n) is 4.45. The Labute approximate surface area is 122 Å². The Bertz CT molecular complexity index is 564. The molecule has 0 unspecified atom stereocenters. The van der Waals surface area contributed by atoms with Gasteiger partial charge in [-0.05, 0) is 26.0 Å². The number of nitrogens with one attached hydrogen (secondary N) is 1. The normalized spacial score (nSPS) is 10.5. The average Bonchev–Trinajstić information content (AvgIpc) is 2.47. The van der Waals surface area contributed by atoms with E-state index in [4.69, 9.17) is 15.3 Å². The highest BCUT2D eigenvalue weighted by Gasteiger charge is 2.09. The maximum atomic E-state index is 5.50. The summed E-state index contributed by atoms with van der Waals surface area (Å²) in [5.74, 6) is 5.50. The number of hydrogen-bond acceptors (Lipinski definition) is 8. The Morgan fingerprint density at radius 2 is 2.00 bits per heavy atom. The molecule has 0 aromatic carbocycles. The van der Waals surface area contributed by atoms with Crippen LogP contribution in [-0.2, 0) is 6.42 Å². The summed E-state index contributed by atoms with van der Waals surface area (Å²) in [5.41, 5.74) is 3.29. The molecule has 2 heterocycles. The first-order valence-corrected chi connectivity index (χ1v) is 6.59. The van der Waals surface area contributed by atoms with E-state index >= 15 is 0 Å². The molecule has 0 aliphatic carbocycles. The first-order chi connectivity index (χ1) is 10.2. The summed E-state index contributed by atoms with van der Waals surface area (Å²) >= 11 is 0. The Hall–Kier alpha value is -2.48. The van der Waals surface area contributed by atoms with Gasteiger partial charge in [0.05, 0.1) is 12.7 Å². The third-order valence-electron chi connectivity index (χ3n) is 2.38. The van der Waals surface area contributed by atoms with Gasteiger partial charge in [-0.1, -0.05) is 6.07 Å². The molecule has 0 radical (unpaired) electrons. The highest BCUT2D eigenvalue weighted by Crippen LogP contribution is 2.13. The van der Waals surface area contributed by atoms with Gasteiger partial charge in [-0.25, -0.2) is 5.84 Å². The van der Waals surface area contributed by atoms with E-state index in [0.717, 1.165) is 5.69 Å². The zero-order valence-electron chi connectivity index (χ0n) is 12.0. The van der Waals surface area contributed by atoms with E-state index < -0.39 is 0 Å². The molecule has 8 heteroatoms. The van der Waals surface area contributed by atoms with Crippen LogP contribution in [0.25, 0.3) is 0 Å². The molecule has 0 aliphatic rings. The summed E-state index contributed by atoms with van der Waals surface area (Å²) in [5, 5.41) is 0. The lowest BCUT2D eigenvalue weighted by molar-refractivity contribution is 0.213. The number of pyridine rings is 1. The van der Waals surface area contributed by atoms with Crippen LogP contribution in [0.5, 0.6) is 12.0 Å². The molecule has 21 heavy (non-hydrogen) atoms. The molecule has 2 rings (SSSR count). The van der Waals surface area contributed by atoms with Crippen molar-refractivity contribution in [2.24, 2.45) is 5.84 Å². The highest BCUT2D eigenvalue weighted by atomic mass is 16.5. The fourth-order valence-corrected chi connectivity index (χ4v) is 1.52. The topological polar surface area (TPSA) is 108 Å². The fraction of sp³-hybridized carbons (Fsp3) is 0.385. The molecule has 0 spiro atoms. The van der Waals surface area contributed by atoms with Crippen LogP contribution in [0.3, 0.4) is 0 Å². The van der Waals surface area contributed by atoms with Crippen LogP contribution in [0, 0.1) is 0 Å². The molecule has 0 atom stereocenters. The van der Waals surface area contributed by atoms with Crippen molar-refractivity contribution in [1.29, 1.82) is 0 Å². The van der Waals surface area contributed by atoms with Gasteiger partial charge in [-0.15, -0.1) is 4.98 Å². The van der Waals surface area contributed by atoms with Crippen LogP contribution in [0.4, 0.5) is 5.95 Å². The minimum absolute atomic E-state index is 0.0561. The van der Waals surface area contributed by atoms with Crippen LogP contribution in [0.1, 0.15) is 19.5 Å². The summed E-state index contributed by atoms with van der Waals surface area (Å²) in [6.07, 6.45) is 2.33. The van der Waals surface area contributed by atoms with Crippen LogP contribution in [0.15, 0.2) is 24.4 Å². The number of nitrogens with zero attached hydrogens (tertiary/aromatic N) is 4. The van der Waals surface area contributed by atoms with E-state index in [1.807, 2.05) is 32.0 Å². The van der Waals surface area contributed by atoms with Crippen molar-refractivity contribution >= 4 is 5.95 Å². The first-order valence-electron chi connectivity index (χ1n) is 6.59. The second kappa shape index (κ2) is 7.34. The minimum Gasteiger partial charge on any atom is -0.463 e. The lowest BCUT2D eigenvalue weighted by Gasteiger charge is -2.10. The molecule has 0 saturated heterocycles. The van der Waals surface area contributed by atoms with Crippen molar-refractivity contribution in [2.45, 2.75) is 26.4 Å². The number of aromatic nitrogens is 4. The molecule has 0 fully saturated rings. The number of hydrogen-bond donors (Lipinski definition) is 2. The molecule has 112 valence electrons. The van der Waals surface area contributed by atoms with Gasteiger partial charge >= 0.3 is 12.0 Å². The molecule has 0 bridgehead atoms. The Kier molecular flexibility index (Phi) is 5.22. The standard InChI is InChI=1S/C13H18N6O2/c1-9(2)21-13-17-11(19-14)16-12(18-13)20-8-6-10-5-3-4-7-15-10/h3-5,7,9H,6,8,14H2,1-2H3,(H,16,17,18,19). The zero-order chi connectivity index (χ0) is 15.1. The van der Waals surface area contributed by atoms with Crippen LogP contribution in [-0.4, -0.2) is 32.6 Å². The predicted molar refractivity (Wildman–Crippen MR) is 76.8 cm³/mol. The number of ether oxygens (including phenoxy) is 2. The average molecular weight is 290 g/mol. The van der Waals surface area contributed by atoms with Gasteiger partial charge in [0.2, 0.25) is 5.95 Å². The maximum absolute atomic E-state index is 5.50. The molecular formula is C13H18N6O2. The summed E-state index contributed by atoms with van der Waals surface area (Å²) in [4.78, 5) is 16.3. The van der Waals surface area contributed by atoms with Crippen LogP contribution >= 0.6 is 0 Å². The van der Waals surface area contributed by atoms with Gasteiger partial charge in [0.15, 0.2) is 0 Å². The molecule has 0 aliphatic heterocycles. The molecular weight excluding hydrogens is 272 g/mol. The van der Waals surface area contributed by atoms with Gasteiger partial charge in [-0.3, -0.25) is 10.4 Å². The van der Waals surface area contributed by atoms with Gasteiger partial charge in [0.25, 0.3) is 0 Å². The maximum Gasteiger partial charge on any atom is 0.324 e. The Morgan fingerprint density at radius 1 is 1.19 bits per heavy atom. The largest absolute Gasteiger partial charge is 0.463 e. The number of anilines is 1. The van der Waals surface area contributed by atoms with Gasteiger partial charge in [-0.2, -0.15) is 9.97 Å². The summed E-state index contributed by atoms with van der Waals surface area (Å²) < 4.78 is 10.9. The quantitative estimate of drug-likeness (QED) is 0.573. The summed E-state index contributed by atoms with van der Waals surface area (Å²) in [6.45, 7) is 4.15. The van der Waals surface area contributed by atoms with Crippen molar-refractivity contribution in [3.05, 3.63) is 30.1 Å². The monoisotopic (exact) mass is 290 g/mol. The Balaban J connectivity index is 1.98. The van der Waals surface area contributed by atoms with Crippen molar-refractivity contribution < 1.29 is 9.47 Å². The molecule has 2 aromatic rings. The third kappa shape index (κ3) is 4.84. The molecule has 2 aromatic heterocycles. The van der Waals surface area contributed by atoms with Gasteiger partial charge in [0.1, 0.15) is 0 Å². The molecule has 0 saturated carbocycles. The highest BCUT2D eigenvalue weighted by molar-refractivity contribution is 5.25. The summed E-state index contributed by atoms with van der Waals surface area (Å²) in [6, 6.07) is 6.04. The van der Waals surface area contributed by atoms with E-state index in [0.29, 0.717) is 13.0 Å². The van der Waals surface area contributed by atoms with Crippen LogP contribution < -0.4 is 20.7 Å². The smallest absolute Gasteiger partial charge is 0.324 e. The van der Waals surface area contributed by atoms with Gasteiger partial charge < -0.3 is 9.47 Å². The van der Waals surface area contributed by atoms with E-state index in [-0.39, 0.29) is 24.1 Å². The Morgan fingerprint density at radius 3 is 2.67 bits per heavy atom. The third-order valence-corrected chi connectivity index (χ3v) is 2.38. The zero-order valence-corrected chi connectivity index (χ0v) is 12.0. The number of rotatable bonds is 7. The van der Waals surface area contributed by atoms with Crippen molar-refractivity contribution in [1.82, 2.24) is 19.9 Å². The van der Waals surface area contributed by atoms with Gasteiger partial charge in [0, 0.05) is 18.3 Å². The van der Waals surface area contributed by atoms with Crippen molar-refractivity contribution in [2.75, 3.05) is 12.0 Å². The molecule has 0 amide bonds. The minimum atomic E-state index is -0.0561. The second-order valence-corrected chi connectivity index (χ2v) is 4.45. The van der Waals surface area contributed by atoms with Crippen LogP contribution in [0.2, 0.25) is 0 Å². The number of nitrogens with two attached hydrogens (primary N) is 1. The SMILES string of the molecule is CC(C)Oc1nc(NN)nc(OCCc2ccccn2)n1.